The van der Waals surface area contributed by atoms with Gasteiger partial charge in [-0.05, 0) is 25.0 Å². The Morgan fingerprint density at radius 1 is 1.36 bits per heavy atom. The van der Waals surface area contributed by atoms with E-state index in [2.05, 4.69) is 14.9 Å². The highest BCUT2D eigenvalue weighted by Gasteiger charge is 2.26. The van der Waals surface area contributed by atoms with Gasteiger partial charge in [-0.25, -0.2) is 4.98 Å². The van der Waals surface area contributed by atoms with Crippen molar-refractivity contribution in [3.63, 3.8) is 0 Å². The number of aromatic nitrogens is 2. The van der Waals surface area contributed by atoms with Crippen LogP contribution in [0.3, 0.4) is 0 Å². The van der Waals surface area contributed by atoms with Crippen molar-refractivity contribution in [1.29, 1.82) is 0 Å². The summed E-state index contributed by atoms with van der Waals surface area (Å²) in [6, 6.07) is 5.81. The number of aliphatic hydroxyl groups excluding tert-OH is 1. The lowest BCUT2D eigenvalue weighted by Gasteiger charge is -2.36. The molecular formula is C16H22N4O2. The van der Waals surface area contributed by atoms with Gasteiger partial charge in [-0.15, -0.1) is 0 Å². The summed E-state index contributed by atoms with van der Waals surface area (Å²) in [6.07, 6.45) is 3.68. The molecule has 0 aliphatic carbocycles. The highest BCUT2D eigenvalue weighted by atomic mass is 16.5. The Morgan fingerprint density at radius 3 is 2.82 bits per heavy atom. The standard InChI is InChI=1S/C16H22N4O2/c1-22-15-3-2-13-16(19-15)12(4-7-18-13)14(10-21)20-8-5-11(17)6-9-20/h2-4,7,11,14,21H,5-6,8-10,17H2,1H3/t14-/m0/s1. The highest BCUT2D eigenvalue weighted by Crippen LogP contribution is 2.29. The summed E-state index contributed by atoms with van der Waals surface area (Å²) in [5.41, 5.74) is 8.56. The average molecular weight is 302 g/mol. The van der Waals surface area contributed by atoms with Crippen molar-refractivity contribution in [2.75, 3.05) is 26.8 Å². The van der Waals surface area contributed by atoms with Crippen LogP contribution in [0.4, 0.5) is 0 Å². The summed E-state index contributed by atoms with van der Waals surface area (Å²) in [5.74, 6) is 0.555. The van der Waals surface area contributed by atoms with Crippen molar-refractivity contribution >= 4 is 11.0 Å². The monoisotopic (exact) mass is 302 g/mol. The third-order valence-corrected chi connectivity index (χ3v) is 4.35. The fourth-order valence-corrected chi connectivity index (χ4v) is 3.05. The number of ether oxygens (including phenoxy) is 1. The van der Waals surface area contributed by atoms with Crippen molar-refractivity contribution in [2.45, 2.75) is 24.9 Å². The van der Waals surface area contributed by atoms with Crippen molar-refractivity contribution in [1.82, 2.24) is 14.9 Å². The van der Waals surface area contributed by atoms with E-state index < -0.39 is 0 Å². The van der Waals surface area contributed by atoms with Crippen LogP contribution in [-0.2, 0) is 0 Å². The van der Waals surface area contributed by atoms with Gasteiger partial charge < -0.3 is 15.6 Å². The van der Waals surface area contributed by atoms with Gasteiger partial charge in [0.2, 0.25) is 5.88 Å². The second-order valence-electron chi connectivity index (χ2n) is 5.69. The van der Waals surface area contributed by atoms with E-state index in [1.54, 1.807) is 19.4 Å². The number of likely N-dealkylation sites (tertiary alicyclic amines) is 1. The summed E-state index contributed by atoms with van der Waals surface area (Å²) in [7, 11) is 1.60. The lowest BCUT2D eigenvalue weighted by Crippen LogP contribution is -2.42. The highest BCUT2D eigenvalue weighted by molar-refractivity contribution is 5.78. The minimum absolute atomic E-state index is 0.0489. The second kappa shape index (κ2) is 6.56. The minimum Gasteiger partial charge on any atom is -0.481 e. The molecule has 118 valence electrons. The fourth-order valence-electron chi connectivity index (χ4n) is 3.05. The number of aliphatic hydroxyl groups is 1. The number of hydrogen-bond acceptors (Lipinski definition) is 6. The molecule has 0 bridgehead atoms. The van der Waals surface area contributed by atoms with Gasteiger partial charge in [-0.3, -0.25) is 9.88 Å². The molecule has 3 N–H and O–H groups in total. The topological polar surface area (TPSA) is 84.5 Å². The molecule has 0 amide bonds. The van der Waals surface area contributed by atoms with Crippen LogP contribution in [0.25, 0.3) is 11.0 Å². The molecule has 3 rings (SSSR count). The summed E-state index contributed by atoms with van der Waals surface area (Å²) < 4.78 is 5.22. The molecule has 1 aliphatic rings. The number of rotatable bonds is 4. The lowest BCUT2D eigenvalue weighted by molar-refractivity contribution is 0.0992. The Balaban J connectivity index is 1.99. The largest absolute Gasteiger partial charge is 0.481 e. The molecule has 1 aliphatic heterocycles. The smallest absolute Gasteiger partial charge is 0.213 e. The third kappa shape index (κ3) is 2.90. The normalized spacial score (nSPS) is 18.5. The van der Waals surface area contributed by atoms with Crippen LogP contribution in [0, 0.1) is 0 Å². The van der Waals surface area contributed by atoms with Gasteiger partial charge >= 0.3 is 0 Å². The van der Waals surface area contributed by atoms with Gasteiger partial charge in [-0.2, -0.15) is 0 Å². The van der Waals surface area contributed by atoms with Gasteiger partial charge in [0.15, 0.2) is 0 Å². The van der Waals surface area contributed by atoms with Crippen LogP contribution in [0.5, 0.6) is 5.88 Å². The Labute approximate surface area is 129 Å². The first-order valence-corrected chi connectivity index (χ1v) is 7.63. The molecule has 0 aromatic carbocycles. The first kappa shape index (κ1) is 15.1. The second-order valence-corrected chi connectivity index (χ2v) is 5.69. The lowest BCUT2D eigenvalue weighted by atomic mass is 9.99. The van der Waals surface area contributed by atoms with Crippen molar-refractivity contribution in [3.8, 4) is 5.88 Å². The van der Waals surface area contributed by atoms with Crippen LogP contribution in [0.1, 0.15) is 24.4 Å². The Hall–Kier alpha value is -1.76. The maximum atomic E-state index is 9.93. The van der Waals surface area contributed by atoms with Gasteiger partial charge in [-0.1, -0.05) is 0 Å². The minimum atomic E-state index is -0.0855. The molecule has 22 heavy (non-hydrogen) atoms. The molecule has 3 heterocycles. The predicted molar refractivity (Wildman–Crippen MR) is 84.7 cm³/mol. The van der Waals surface area contributed by atoms with Crippen molar-refractivity contribution in [3.05, 3.63) is 30.0 Å². The molecule has 0 radical (unpaired) electrons. The first-order valence-electron chi connectivity index (χ1n) is 7.63. The molecular weight excluding hydrogens is 280 g/mol. The average Bonchev–Trinajstić information content (AvgIpc) is 2.57. The van der Waals surface area contributed by atoms with E-state index in [4.69, 9.17) is 10.5 Å². The summed E-state index contributed by atoms with van der Waals surface area (Å²) >= 11 is 0. The molecule has 1 fully saturated rings. The van der Waals surface area contributed by atoms with E-state index >= 15 is 0 Å². The molecule has 2 aromatic rings. The molecule has 0 saturated carbocycles. The van der Waals surface area contributed by atoms with E-state index in [1.165, 1.54) is 0 Å². The summed E-state index contributed by atoms with van der Waals surface area (Å²) in [5, 5.41) is 9.93. The van der Waals surface area contributed by atoms with Crippen molar-refractivity contribution in [2.24, 2.45) is 5.73 Å². The molecule has 1 atom stereocenters. The molecule has 0 spiro atoms. The molecule has 2 aromatic heterocycles. The van der Waals surface area contributed by atoms with Gasteiger partial charge in [0.05, 0.1) is 30.8 Å². The van der Waals surface area contributed by atoms with Gasteiger partial charge in [0.25, 0.3) is 0 Å². The van der Waals surface area contributed by atoms with Crippen LogP contribution in [-0.4, -0.2) is 52.8 Å². The van der Waals surface area contributed by atoms with Crippen LogP contribution in [0.15, 0.2) is 24.4 Å². The zero-order chi connectivity index (χ0) is 15.5. The van der Waals surface area contributed by atoms with Crippen molar-refractivity contribution < 1.29 is 9.84 Å². The summed E-state index contributed by atoms with van der Waals surface area (Å²) in [6.45, 7) is 1.83. The number of piperidine rings is 1. The summed E-state index contributed by atoms with van der Waals surface area (Å²) in [4.78, 5) is 11.2. The fraction of sp³-hybridized carbons (Fsp3) is 0.500. The maximum Gasteiger partial charge on any atom is 0.213 e. The zero-order valence-electron chi connectivity index (χ0n) is 12.8. The molecule has 6 heteroatoms. The maximum absolute atomic E-state index is 9.93. The van der Waals surface area contributed by atoms with E-state index in [9.17, 15) is 5.11 Å². The number of methoxy groups -OCH3 is 1. The molecule has 1 saturated heterocycles. The number of fused-ring (bicyclic) bond motifs is 1. The number of nitrogens with zero attached hydrogens (tertiary/aromatic N) is 3. The Kier molecular flexibility index (Phi) is 4.52. The van der Waals surface area contributed by atoms with E-state index in [0.717, 1.165) is 42.5 Å². The van der Waals surface area contributed by atoms with E-state index in [1.807, 2.05) is 12.1 Å². The van der Waals surface area contributed by atoms with E-state index in [-0.39, 0.29) is 18.7 Å². The zero-order valence-corrected chi connectivity index (χ0v) is 12.8. The van der Waals surface area contributed by atoms with E-state index in [0.29, 0.717) is 5.88 Å². The quantitative estimate of drug-likeness (QED) is 0.879. The molecule has 6 nitrogen and oxygen atoms in total. The Morgan fingerprint density at radius 2 is 2.14 bits per heavy atom. The van der Waals surface area contributed by atoms with Crippen LogP contribution < -0.4 is 10.5 Å². The predicted octanol–water partition coefficient (Wildman–Crippen LogP) is 1.09. The van der Waals surface area contributed by atoms with Crippen LogP contribution in [0.2, 0.25) is 0 Å². The molecule has 0 unspecified atom stereocenters. The SMILES string of the molecule is COc1ccc2nccc([C@H](CO)N3CCC(N)CC3)c2n1. The van der Waals surface area contributed by atoms with Crippen LogP contribution >= 0.6 is 0 Å². The number of pyridine rings is 2. The number of hydrogen-bond donors (Lipinski definition) is 2. The van der Waals surface area contributed by atoms with Gasteiger partial charge in [0, 0.05) is 37.0 Å². The first-order chi connectivity index (χ1) is 10.7. The number of nitrogens with two attached hydrogens (primary N) is 1. The van der Waals surface area contributed by atoms with Gasteiger partial charge in [0.1, 0.15) is 0 Å². The Bertz CT molecular complexity index is 641. The third-order valence-electron chi connectivity index (χ3n) is 4.35.